The zero-order chi connectivity index (χ0) is 17.6. The summed E-state index contributed by atoms with van der Waals surface area (Å²) in [4.78, 5) is 34.9. The van der Waals surface area contributed by atoms with Crippen LogP contribution in [0, 0.1) is 0 Å². The van der Waals surface area contributed by atoms with E-state index in [0.29, 0.717) is 5.56 Å². The van der Waals surface area contributed by atoms with E-state index in [9.17, 15) is 14.4 Å². The topological polar surface area (TPSA) is 81.7 Å². The van der Waals surface area contributed by atoms with Gasteiger partial charge in [0.05, 0.1) is 7.11 Å². The number of rotatable bonds is 5. The predicted molar refractivity (Wildman–Crippen MR) is 85.3 cm³/mol. The molecular weight excluding hydrogens is 298 g/mol. The number of Topliss-reactive ketones (excluding diaryl/α,β-unsaturated/α-hetero) is 1. The Morgan fingerprint density at radius 1 is 1.13 bits per heavy atom. The first-order valence-electron chi connectivity index (χ1n) is 7.29. The Labute approximate surface area is 136 Å². The van der Waals surface area contributed by atoms with Gasteiger partial charge in [-0.1, -0.05) is 24.3 Å². The molecule has 0 fully saturated rings. The van der Waals surface area contributed by atoms with E-state index >= 15 is 0 Å². The maximum Gasteiger partial charge on any atom is 0.408 e. The van der Waals surface area contributed by atoms with Crippen molar-refractivity contribution in [3.05, 3.63) is 35.4 Å². The third-order valence-electron chi connectivity index (χ3n) is 2.98. The van der Waals surface area contributed by atoms with E-state index in [-0.39, 0.29) is 12.2 Å². The molecule has 0 heterocycles. The van der Waals surface area contributed by atoms with Gasteiger partial charge in [-0.15, -0.1) is 0 Å². The van der Waals surface area contributed by atoms with Gasteiger partial charge in [0.2, 0.25) is 0 Å². The Hall–Kier alpha value is -2.37. The largest absolute Gasteiger partial charge is 0.467 e. The van der Waals surface area contributed by atoms with Crippen LogP contribution in [0.15, 0.2) is 24.3 Å². The Morgan fingerprint density at radius 3 is 2.13 bits per heavy atom. The minimum Gasteiger partial charge on any atom is -0.467 e. The molecule has 0 saturated carbocycles. The lowest BCUT2D eigenvalue weighted by molar-refractivity contribution is -0.143. The fraction of sp³-hybridized carbons (Fsp3) is 0.471. The molecule has 1 aromatic carbocycles. The van der Waals surface area contributed by atoms with Crippen LogP contribution in [-0.2, 0) is 20.7 Å². The van der Waals surface area contributed by atoms with Crippen LogP contribution < -0.4 is 5.32 Å². The Kier molecular flexibility index (Phi) is 6.30. The van der Waals surface area contributed by atoms with E-state index < -0.39 is 23.7 Å². The summed E-state index contributed by atoms with van der Waals surface area (Å²) in [6, 6.07) is 5.98. The number of esters is 1. The number of alkyl carbamates (subject to hydrolysis) is 1. The number of carbonyl (C=O) groups excluding carboxylic acids is 3. The average Bonchev–Trinajstić information content (AvgIpc) is 2.44. The highest BCUT2D eigenvalue weighted by atomic mass is 16.6. The number of ketones is 1. The molecule has 0 saturated heterocycles. The summed E-state index contributed by atoms with van der Waals surface area (Å²) < 4.78 is 9.86. The van der Waals surface area contributed by atoms with Gasteiger partial charge < -0.3 is 14.8 Å². The molecule has 6 heteroatoms. The number of nitrogens with one attached hydrogen (secondary N) is 1. The van der Waals surface area contributed by atoms with Gasteiger partial charge in [-0.2, -0.15) is 0 Å². The Morgan fingerprint density at radius 2 is 1.70 bits per heavy atom. The molecule has 126 valence electrons. The second-order valence-corrected chi connectivity index (χ2v) is 6.18. The molecule has 1 N–H and O–H groups in total. The fourth-order valence-electron chi connectivity index (χ4n) is 1.90. The number of benzene rings is 1. The van der Waals surface area contributed by atoms with Crippen molar-refractivity contribution in [3.8, 4) is 0 Å². The van der Waals surface area contributed by atoms with Gasteiger partial charge in [0, 0.05) is 12.0 Å². The number of hydrogen-bond acceptors (Lipinski definition) is 5. The van der Waals surface area contributed by atoms with Crippen molar-refractivity contribution in [2.75, 3.05) is 7.11 Å². The van der Waals surface area contributed by atoms with E-state index in [4.69, 9.17) is 9.47 Å². The van der Waals surface area contributed by atoms with Gasteiger partial charge >= 0.3 is 12.1 Å². The van der Waals surface area contributed by atoms with Crippen LogP contribution in [0.25, 0.3) is 0 Å². The molecule has 0 aliphatic carbocycles. The highest BCUT2D eigenvalue weighted by molar-refractivity contribution is 5.94. The number of carbonyl (C=O) groups is 3. The molecule has 1 atom stereocenters. The van der Waals surface area contributed by atoms with E-state index in [0.717, 1.165) is 5.56 Å². The smallest absolute Gasteiger partial charge is 0.408 e. The highest BCUT2D eigenvalue weighted by Crippen LogP contribution is 2.10. The number of amides is 1. The summed E-state index contributed by atoms with van der Waals surface area (Å²) in [6.45, 7) is 6.69. The highest BCUT2D eigenvalue weighted by Gasteiger charge is 2.25. The molecule has 0 aromatic heterocycles. The lowest BCUT2D eigenvalue weighted by Crippen LogP contribution is -2.45. The summed E-state index contributed by atoms with van der Waals surface area (Å²) in [6.07, 6.45) is -0.447. The minimum absolute atomic E-state index is 0.0343. The average molecular weight is 321 g/mol. The first-order chi connectivity index (χ1) is 10.6. The van der Waals surface area contributed by atoms with E-state index in [1.165, 1.54) is 14.0 Å². The second kappa shape index (κ2) is 7.76. The van der Waals surface area contributed by atoms with Crippen molar-refractivity contribution in [3.63, 3.8) is 0 Å². The van der Waals surface area contributed by atoms with Crippen LogP contribution in [-0.4, -0.2) is 36.6 Å². The molecule has 6 nitrogen and oxygen atoms in total. The summed E-state index contributed by atoms with van der Waals surface area (Å²) >= 11 is 0. The summed E-state index contributed by atoms with van der Waals surface area (Å²) in [5.41, 5.74) is 0.721. The van der Waals surface area contributed by atoms with Crippen LogP contribution in [0.4, 0.5) is 4.79 Å². The van der Waals surface area contributed by atoms with E-state index in [1.54, 1.807) is 45.0 Å². The molecule has 1 aromatic rings. The molecular formula is C17H23NO5. The Balaban J connectivity index is 2.80. The third-order valence-corrected chi connectivity index (χ3v) is 2.98. The minimum atomic E-state index is -0.863. The van der Waals surface area contributed by atoms with Gasteiger partial charge in [0.25, 0.3) is 0 Å². The first-order valence-corrected chi connectivity index (χ1v) is 7.29. The standard InChI is InChI=1S/C17H23NO5/c1-11(19)13-8-6-12(7-9-13)10-14(15(20)22-5)18-16(21)23-17(2,3)4/h6-9,14H,10H2,1-5H3,(H,18,21)/t14-/m1/s1. The number of ether oxygens (including phenoxy) is 2. The van der Waals surface area contributed by atoms with Crippen molar-refractivity contribution < 1.29 is 23.9 Å². The molecule has 0 radical (unpaired) electrons. The zero-order valence-corrected chi connectivity index (χ0v) is 14.1. The Bertz CT molecular complexity index is 572. The lowest BCUT2D eigenvalue weighted by Gasteiger charge is -2.22. The SMILES string of the molecule is COC(=O)[C@@H](Cc1ccc(C(C)=O)cc1)NC(=O)OC(C)(C)C. The molecule has 23 heavy (non-hydrogen) atoms. The summed E-state index contributed by atoms with van der Waals surface area (Å²) in [7, 11) is 1.25. The van der Waals surface area contributed by atoms with Gasteiger partial charge in [0.1, 0.15) is 11.6 Å². The van der Waals surface area contributed by atoms with Crippen molar-refractivity contribution in [1.82, 2.24) is 5.32 Å². The number of hydrogen-bond donors (Lipinski definition) is 1. The van der Waals surface area contributed by atoms with Gasteiger partial charge in [-0.3, -0.25) is 4.79 Å². The molecule has 1 amide bonds. The molecule has 0 spiro atoms. The first kappa shape index (κ1) is 18.7. The van der Waals surface area contributed by atoms with E-state index in [2.05, 4.69) is 5.32 Å². The van der Waals surface area contributed by atoms with Crippen molar-refractivity contribution in [2.24, 2.45) is 0 Å². The molecule has 0 aliphatic heterocycles. The monoisotopic (exact) mass is 321 g/mol. The quantitative estimate of drug-likeness (QED) is 0.665. The van der Waals surface area contributed by atoms with Crippen LogP contribution in [0.5, 0.6) is 0 Å². The molecule has 0 aliphatic rings. The summed E-state index contributed by atoms with van der Waals surface area (Å²) in [5.74, 6) is -0.598. The third kappa shape index (κ3) is 6.50. The van der Waals surface area contributed by atoms with Crippen LogP contribution in [0.2, 0.25) is 0 Å². The van der Waals surface area contributed by atoms with Crippen molar-refractivity contribution in [2.45, 2.75) is 45.8 Å². The molecule has 0 unspecified atom stereocenters. The normalized spacial score (nSPS) is 12.2. The molecule has 1 rings (SSSR count). The fourth-order valence-corrected chi connectivity index (χ4v) is 1.90. The van der Waals surface area contributed by atoms with Crippen molar-refractivity contribution >= 4 is 17.8 Å². The van der Waals surface area contributed by atoms with Gasteiger partial charge in [0.15, 0.2) is 5.78 Å². The van der Waals surface area contributed by atoms with Gasteiger partial charge in [-0.05, 0) is 33.3 Å². The maximum atomic E-state index is 11.8. The predicted octanol–water partition coefficient (Wildman–Crippen LogP) is 2.50. The van der Waals surface area contributed by atoms with Crippen LogP contribution in [0.3, 0.4) is 0 Å². The number of methoxy groups -OCH3 is 1. The summed E-state index contributed by atoms with van der Waals surface area (Å²) in [5, 5.41) is 2.51. The van der Waals surface area contributed by atoms with Crippen molar-refractivity contribution in [1.29, 1.82) is 0 Å². The van der Waals surface area contributed by atoms with Crippen LogP contribution >= 0.6 is 0 Å². The second-order valence-electron chi connectivity index (χ2n) is 6.18. The molecule has 0 bridgehead atoms. The zero-order valence-electron chi connectivity index (χ0n) is 14.1. The van der Waals surface area contributed by atoms with E-state index in [1.807, 2.05) is 0 Å². The maximum absolute atomic E-state index is 11.8. The van der Waals surface area contributed by atoms with Gasteiger partial charge in [-0.25, -0.2) is 9.59 Å². The van der Waals surface area contributed by atoms with Crippen LogP contribution in [0.1, 0.15) is 43.6 Å². The lowest BCUT2D eigenvalue weighted by atomic mass is 10.0.